The van der Waals surface area contributed by atoms with Gasteiger partial charge in [0.15, 0.2) is 0 Å². The summed E-state index contributed by atoms with van der Waals surface area (Å²) < 4.78 is 5.17. The van der Waals surface area contributed by atoms with Crippen LogP contribution >= 0.6 is 0 Å². The van der Waals surface area contributed by atoms with E-state index in [1.54, 1.807) is 7.11 Å². The Balaban J connectivity index is 4.89. The Morgan fingerprint density at radius 2 is 1.72 bits per heavy atom. The van der Waals surface area contributed by atoms with Gasteiger partial charge in [0.1, 0.15) is 0 Å². The van der Waals surface area contributed by atoms with Crippen molar-refractivity contribution in [1.82, 2.24) is 0 Å². The molecule has 0 aliphatic heterocycles. The summed E-state index contributed by atoms with van der Waals surface area (Å²) in [5, 5.41) is 0. The Morgan fingerprint density at radius 3 is 2.17 bits per heavy atom. The molecule has 0 aliphatic carbocycles. The Bertz CT molecular complexity index is 405. The van der Waals surface area contributed by atoms with Crippen molar-refractivity contribution in [2.75, 3.05) is 13.7 Å². The van der Waals surface area contributed by atoms with E-state index in [9.17, 15) is 0 Å². The molecule has 0 N–H and O–H groups in total. The van der Waals surface area contributed by atoms with E-state index in [1.807, 2.05) is 25.2 Å². The van der Waals surface area contributed by atoms with E-state index in [0.29, 0.717) is 6.61 Å². The summed E-state index contributed by atoms with van der Waals surface area (Å²) in [5.41, 5.74) is 4.79. The second-order valence-electron chi connectivity index (χ2n) is 4.30. The third-order valence-electron chi connectivity index (χ3n) is 2.47. The van der Waals surface area contributed by atoms with Crippen LogP contribution in [0.3, 0.4) is 0 Å². The Hall–Kier alpha value is -1.60. The average Bonchev–Trinajstić information content (AvgIpc) is 2.33. The van der Waals surface area contributed by atoms with E-state index in [-0.39, 0.29) is 0 Å². The van der Waals surface area contributed by atoms with Gasteiger partial charge in [-0.1, -0.05) is 62.6 Å². The lowest BCUT2D eigenvalue weighted by Gasteiger charge is -2.11. The SMILES string of the molecule is C=C(C)/C=C(/COC)C(=C)C(=C)/C=C\C(=C)CC. The summed E-state index contributed by atoms with van der Waals surface area (Å²) in [7, 11) is 1.66. The van der Waals surface area contributed by atoms with Crippen LogP contribution in [-0.2, 0) is 4.74 Å². The van der Waals surface area contributed by atoms with Crippen LogP contribution in [-0.4, -0.2) is 13.7 Å². The second-order valence-corrected chi connectivity index (χ2v) is 4.30. The van der Waals surface area contributed by atoms with Crippen LogP contribution in [0.4, 0.5) is 0 Å². The summed E-state index contributed by atoms with van der Waals surface area (Å²) in [4.78, 5) is 0. The van der Waals surface area contributed by atoms with Crippen LogP contribution in [0.25, 0.3) is 0 Å². The molecule has 0 spiro atoms. The highest BCUT2D eigenvalue weighted by Gasteiger charge is 2.04. The lowest BCUT2D eigenvalue weighted by molar-refractivity contribution is 0.227. The topological polar surface area (TPSA) is 9.23 Å². The zero-order valence-electron chi connectivity index (χ0n) is 11.9. The monoisotopic (exact) mass is 244 g/mol. The number of rotatable bonds is 8. The van der Waals surface area contributed by atoms with Gasteiger partial charge in [0.25, 0.3) is 0 Å². The molecule has 0 radical (unpaired) electrons. The van der Waals surface area contributed by atoms with Crippen molar-refractivity contribution in [3.8, 4) is 0 Å². The average molecular weight is 244 g/mol. The predicted octanol–water partition coefficient (Wildman–Crippen LogP) is 4.77. The first kappa shape index (κ1) is 16.4. The van der Waals surface area contributed by atoms with Gasteiger partial charge in [0.05, 0.1) is 6.61 Å². The molecule has 0 saturated carbocycles. The van der Waals surface area contributed by atoms with Gasteiger partial charge in [-0.15, -0.1) is 0 Å². The summed E-state index contributed by atoms with van der Waals surface area (Å²) >= 11 is 0. The second kappa shape index (κ2) is 8.48. The van der Waals surface area contributed by atoms with E-state index >= 15 is 0 Å². The summed E-state index contributed by atoms with van der Waals surface area (Å²) in [6.07, 6.45) is 6.82. The van der Waals surface area contributed by atoms with Crippen molar-refractivity contribution in [2.24, 2.45) is 0 Å². The number of methoxy groups -OCH3 is 1. The van der Waals surface area contributed by atoms with Crippen molar-refractivity contribution >= 4 is 0 Å². The highest BCUT2D eigenvalue weighted by atomic mass is 16.5. The molecule has 1 heteroatoms. The molecule has 0 amide bonds. The molecule has 0 aliphatic rings. The van der Waals surface area contributed by atoms with Crippen LogP contribution < -0.4 is 0 Å². The fourth-order valence-electron chi connectivity index (χ4n) is 1.31. The number of hydrogen-bond donors (Lipinski definition) is 0. The van der Waals surface area contributed by atoms with Crippen LogP contribution in [0.5, 0.6) is 0 Å². The third kappa shape index (κ3) is 6.21. The fourth-order valence-corrected chi connectivity index (χ4v) is 1.31. The minimum atomic E-state index is 0.507. The van der Waals surface area contributed by atoms with E-state index < -0.39 is 0 Å². The molecule has 0 heterocycles. The first-order valence-corrected chi connectivity index (χ1v) is 6.01. The molecule has 0 rings (SSSR count). The van der Waals surface area contributed by atoms with E-state index in [2.05, 4.69) is 33.2 Å². The number of ether oxygens (including phenoxy) is 1. The first-order valence-electron chi connectivity index (χ1n) is 6.01. The summed E-state index contributed by atoms with van der Waals surface area (Å²) in [6.45, 7) is 20.4. The molecule has 0 saturated heterocycles. The zero-order chi connectivity index (χ0) is 14.1. The van der Waals surface area contributed by atoms with Gasteiger partial charge in [0.2, 0.25) is 0 Å². The van der Waals surface area contributed by atoms with Crippen LogP contribution in [0.15, 0.2) is 72.4 Å². The molecule has 0 unspecified atom stereocenters. The molecule has 18 heavy (non-hydrogen) atoms. The minimum absolute atomic E-state index is 0.507. The normalized spacial score (nSPS) is 11.6. The maximum absolute atomic E-state index is 5.17. The predicted molar refractivity (Wildman–Crippen MR) is 81.6 cm³/mol. The maximum atomic E-state index is 5.17. The van der Waals surface area contributed by atoms with Crippen molar-refractivity contribution in [1.29, 1.82) is 0 Å². The quantitative estimate of drug-likeness (QED) is 0.559. The highest BCUT2D eigenvalue weighted by molar-refractivity contribution is 5.51. The summed E-state index contributed by atoms with van der Waals surface area (Å²) in [5.74, 6) is 0. The van der Waals surface area contributed by atoms with Crippen molar-refractivity contribution in [3.63, 3.8) is 0 Å². The molecule has 0 aromatic heterocycles. The van der Waals surface area contributed by atoms with Crippen LogP contribution in [0.1, 0.15) is 20.3 Å². The van der Waals surface area contributed by atoms with Gasteiger partial charge in [0, 0.05) is 7.11 Å². The molecule has 0 atom stereocenters. The van der Waals surface area contributed by atoms with Crippen LogP contribution in [0.2, 0.25) is 0 Å². The lowest BCUT2D eigenvalue weighted by Crippen LogP contribution is -1.99. The summed E-state index contributed by atoms with van der Waals surface area (Å²) in [6, 6.07) is 0. The largest absolute Gasteiger partial charge is 0.380 e. The van der Waals surface area contributed by atoms with Crippen molar-refractivity contribution in [2.45, 2.75) is 20.3 Å². The minimum Gasteiger partial charge on any atom is -0.380 e. The van der Waals surface area contributed by atoms with Gasteiger partial charge < -0.3 is 4.74 Å². The van der Waals surface area contributed by atoms with Crippen molar-refractivity contribution in [3.05, 3.63) is 72.4 Å². The molecule has 0 aromatic carbocycles. The van der Waals surface area contributed by atoms with Crippen LogP contribution in [0, 0.1) is 0 Å². The van der Waals surface area contributed by atoms with E-state index in [1.165, 1.54) is 0 Å². The molecule has 0 aromatic rings. The molecule has 0 fully saturated rings. The maximum Gasteiger partial charge on any atom is 0.0718 e. The molecule has 0 bridgehead atoms. The standard InChI is InChI=1S/C17H24O/c1-8-14(4)9-10-15(5)16(6)17(12-18-7)11-13(2)3/h9-11H,2,4-6,8,12H2,1,3,7H3/b10-9-,17-11-. The number of allylic oxidation sites excluding steroid dienone is 6. The fraction of sp³-hybridized carbons (Fsp3) is 0.294. The smallest absolute Gasteiger partial charge is 0.0718 e. The molecular weight excluding hydrogens is 220 g/mol. The number of hydrogen-bond acceptors (Lipinski definition) is 1. The van der Waals surface area contributed by atoms with Gasteiger partial charge in [-0.25, -0.2) is 0 Å². The molecular formula is C17H24O. The Labute approximate surface area is 112 Å². The third-order valence-corrected chi connectivity index (χ3v) is 2.47. The first-order chi connectivity index (χ1) is 8.42. The van der Waals surface area contributed by atoms with Gasteiger partial charge in [-0.3, -0.25) is 0 Å². The highest BCUT2D eigenvalue weighted by Crippen LogP contribution is 2.19. The Kier molecular flexibility index (Phi) is 7.73. The van der Waals surface area contributed by atoms with Gasteiger partial charge >= 0.3 is 0 Å². The van der Waals surface area contributed by atoms with E-state index in [0.717, 1.165) is 34.3 Å². The molecule has 98 valence electrons. The lowest BCUT2D eigenvalue weighted by atomic mass is 9.98. The van der Waals surface area contributed by atoms with Gasteiger partial charge in [-0.2, -0.15) is 0 Å². The van der Waals surface area contributed by atoms with Crippen molar-refractivity contribution < 1.29 is 4.74 Å². The zero-order valence-corrected chi connectivity index (χ0v) is 11.9. The molecule has 1 nitrogen and oxygen atoms in total. The Morgan fingerprint density at radius 1 is 1.11 bits per heavy atom. The van der Waals surface area contributed by atoms with E-state index in [4.69, 9.17) is 4.74 Å². The van der Waals surface area contributed by atoms with Gasteiger partial charge in [-0.05, 0) is 30.1 Å².